The summed E-state index contributed by atoms with van der Waals surface area (Å²) in [6.45, 7) is 4.76. The zero-order chi connectivity index (χ0) is 23.5. The van der Waals surface area contributed by atoms with Gasteiger partial charge in [-0.25, -0.2) is 9.48 Å². The van der Waals surface area contributed by atoms with Gasteiger partial charge in [-0.05, 0) is 45.0 Å². The van der Waals surface area contributed by atoms with Crippen molar-refractivity contribution < 1.29 is 27.5 Å². The van der Waals surface area contributed by atoms with Gasteiger partial charge >= 0.3 is 12.3 Å². The minimum Gasteiger partial charge on any atom is -0.444 e. The lowest BCUT2D eigenvalue weighted by molar-refractivity contribution is -0.142. The van der Waals surface area contributed by atoms with Crippen molar-refractivity contribution in [1.82, 2.24) is 9.78 Å². The summed E-state index contributed by atoms with van der Waals surface area (Å²) in [4.78, 5) is 24.8. The highest BCUT2D eigenvalue weighted by molar-refractivity contribution is 6.06. The summed E-state index contributed by atoms with van der Waals surface area (Å²) in [6, 6.07) is 14.2. The number of amides is 2. The van der Waals surface area contributed by atoms with E-state index in [1.54, 1.807) is 51.1 Å². The largest absolute Gasteiger partial charge is 0.444 e. The molecule has 2 amide bonds. The number of hydrogen-bond acceptors (Lipinski definition) is 4. The summed E-state index contributed by atoms with van der Waals surface area (Å²) < 4.78 is 47.4. The van der Waals surface area contributed by atoms with Gasteiger partial charge in [0.05, 0.1) is 23.1 Å². The number of anilines is 2. The van der Waals surface area contributed by atoms with Gasteiger partial charge in [-0.2, -0.15) is 18.3 Å². The molecule has 0 aliphatic rings. The van der Waals surface area contributed by atoms with Crippen LogP contribution in [0.15, 0.2) is 60.8 Å². The number of hydrogen-bond donors (Lipinski definition) is 2. The molecule has 0 aliphatic heterocycles. The lowest BCUT2D eigenvalue weighted by Crippen LogP contribution is -2.28. The Bertz CT molecular complexity index is 1120. The zero-order valence-corrected chi connectivity index (χ0v) is 17.5. The summed E-state index contributed by atoms with van der Waals surface area (Å²) in [5.74, 6) is -0.614. The third-order valence-corrected chi connectivity index (χ3v) is 4.08. The topological polar surface area (TPSA) is 85.2 Å². The quantitative estimate of drug-likeness (QED) is 0.555. The number of carbonyl (C=O) groups is 2. The van der Waals surface area contributed by atoms with E-state index in [-0.39, 0.29) is 11.3 Å². The minimum atomic E-state index is -4.89. The van der Waals surface area contributed by atoms with E-state index < -0.39 is 35.2 Å². The highest BCUT2D eigenvalue weighted by atomic mass is 19.4. The smallest absolute Gasteiger partial charge is 0.435 e. The summed E-state index contributed by atoms with van der Waals surface area (Å²) in [7, 11) is 0. The van der Waals surface area contributed by atoms with Crippen molar-refractivity contribution in [3.63, 3.8) is 0 Å². The van der Waals surface area contributed by atoms with Gasteiger partial charge in [0.1, 0.15) is 5.60 Å². The monoisotopic (exact) mass is 446 g/mol. The second-order valence-corrected chi connectivity index (χ2v) is 7.78. The van der Waals surface area contributed by atoms with Gasteiger partial charge in [0.25, 0.3) is 5.91 Å². The predicted molar refractivity (Wildman–Crippen MR) is 113 cm³/mol. The Hall–Kier alpha value is -3.82. The summed E-state index contributed by atoms with van der Waals surface area (Å²) in [5.41, 5.74) is -2.40. The molecule has 3 aromatic rings. The zero-order valence-electron chi connectivity index (χ0n) is 17.5. The van der Waals surface area contributed by atoms with Crippen LogP contribution in [0.25, 0.3) is 5.69 Å². The lowest BCUT2D eigenvalue weighted by Gasteiger charge is -2.20. The van der Waals surface area contributed by atoms with Gasteiger partial charge in [-0.3, -0.25) is 10.1 Å². The number of alkyl halides is 3. The van der Waals surface area contributed by atoms with Crippen LogP contribution < -0.4 is 10.6 Å². The van der Waals surface area contributed by atoms with Crippen molar-refractivity contribution in [2.75, 3.05) is 10.6 Å². The van der Waals surface area contributed by atoms with E-state index in [4.69, 9.17) is 4.74 Å². The average Bonchev–Trinajstić information content (AvgIpc) is 3.11. The van der Waals surface area contributed by atoms with Crippen LogP contribution in [-0.2, 0) is 10.9 Å². The van der Waals surface area contributed by atoms with E-state index in [1.165, 1.54) is 24.3 Å². The number of nitrogens with one attached hydrogen (secondary N) is 2. The Morgan fingerprint density at radius 1 is 0.938 bits per heavy atom. The molecular formula is C22H21F3N4O3. The van der Waals surface area contributed by atoms with Gasteiger partial charge < -0.3 is 10.1 Å². The molecule has 0 aliphatic carbocycles. The van der Waals surface area contributed by atoms with E-state index in [0.717, 1.165) is 6.20 Å². The van der Waals surface area contributed by atoms with Gasteiger partial charge in [0.2, 0.25) is 0 Å². The molecule has 1 heterocycles. The molecule has 7 nitrogen and oxygen atoms in total. The number of carbonyl (C=O) groups excluding carboxylic acids is 2. The first-order valence-electron chi connectivity index (χ1n) is 9.57. The maximum absolute atomic E-state index is 13.9. The maximum atomic E-state index is 13.9. The molecule has 168 valence electrons. The molecule has 0 unspecified atom stereocenters. The van der Waals surface area contributed by atoms with E-state index in [1.807, 2.05) is 0 Å². The van der Waals surface area contributed by atoms with Gasteiger partial charge in [0.15, 0.2) is 5.69 Å². The molecule has 2 aromatic carbocycles. The van der Waals surface area contributed by atoms with Crippen LogP contribution in [0.2, 0.25) is 0 Å². The van der Waals surface area contributed by atoms with E-state index in [2.05, 4.69) is 15.7 Å². The van der Waals surface area contributed by atoms with Crippen LogP contribution in [0.5, 0.6) is 0 Å². The average molecular weight is 446 g/mol. The van der Waals surface area contributed by atoms with E-state index in [9.17, 15) is 22.8 Å². The fourth-order valence-corrected chi connectivity index (χ4v) is 2.88. The van der Waals surface area contributed by atoms with Crippen molar-refractivity contribution in [2.24, 2.45) is 0 Å². The number of ether oxygens (including phenoxy) is 1. The molecule has 0 bridgehead atoms. The fourth-order valence-electron chi connectivity index (χ4n) is 2.88. The number of benzene rings is 2. The Morgan fingerprint density at radius 3 is 2.19 bits per heavy atom. The van der Waals surface area contributed by atoms with Crippen LogP contribution in [-0.4, -0.2) is 27.4 Å². The molecule has 32 heavy (non-hydrogen) atoms. The third kappa shape index (κ3) is 5.45. The van der Waals surface area contributed by atoms with Gasteiger partial charge in [-0.15, -0.1) is 0 Å². The molecule has 10 heteroatoms. The van der Waals surface area contributed by atoms with Crippen LogP contribution in [0.1, 0.15) is 36.8 Å². The SMILES string of the molecule is CC(C)(C)OC(=O)Nc1cnn(-c2ccccc2C(=O)Nc2ccccc2)c1C(F)(F)F. The third-order valence-electron chi connectivity index (χ3n) is 4.08. The molecule has 0 saturated heterocycles. The minimum absolute atomic E-state index is 0.0335. The Kier molecular flexibility index (Phi) is 6.24. The second kappa shape index (κ2) is 8.74. The highest BCUT2D eigenvalue weighted by Crippen LogP contribution is 2.37. The number of halogens is 3. The van der Waals surface area contributed by atoms with Crippen molar-refractivity contribution in [1.29, 1.82) is 0 Å². The number of para-hydroxylation sites is 2. The Morgan fingerprint density at radius 2 is 1.56 bits per heavy atom. The normalized spacial score (nSPS) is 11.7. The first-order chi connectivity index (χ1) is 15.0. The number of aromatic nitrogens is 2. The van der Waals surface area contributed by atoms with Crippen LogP contribution >= 0.6 is 0 Å². The van der Waals surface area contributed by atoms with Crippen LogP contribution in [0.3, 0.4) is 0 Å². The molecule has 0 atom stereocenters. The fraction of sp³-hybridized carbons (Fsp3) is 0.227. The maximum Gasteiger partial charge on any atom is 0.435 e. The standard InChI is InChI=1S/C22H21F3N4O3/c1-21(2,3)32-20(31)28-16-13-26-29(18(16)22(23,24)25)17-12-8-7-11-15(17)19(30)27-14-9-5-4-6-10-14/h4-13H,1-3H3,(H,27,30)(H,28,31). The molecule has 0 fully saturated rings. The van der Waals surface area contributed by atoms with Crippen molar-refractivity contribution in [3.05, 3.63) is 72.1 Å². The first kappa shape index (κ1) is 22.9. The Labute approximate surface area is 182 Å². The molecule has 3 rings (SSSR count). The molecule has 0 radical (unpaired) electrons. The number of rotatable bonds is 4. The molecule has 0 saturated carbocycles. The van der Waals surface area contributed by atoms with E-state index in [0.29, 0.717) is 10.4 Å². The predicted octanol–water partition coefficient (Wildman–Crippen LogP) is 5.49. The van der Waals surface area contributed by atoms with Crippen LogP contribution in [0, 0.1) is 0 Å². The van der Waals surface area contributed by atoms with Gasteiger partial charge in [-0.1, -0.05) is 30.3 Å². The van der Waals surface area contributed by atoms with Crippen molar-refractivity contribution >= 4 is 23.4 Å². The molecule has 2 N–H and O–H groups in total. The van der Waals surface area contributed by atoms with Crippen LogP contribution in [0.4, 0.5) is 29.3 Å². The molecule has 0 spiro atoms. The first-order valence-corrected chi connectivity index (χ1v) is 9.57. The lowest BCUT2D eigenvalue weighted by atomic mass is 10.1. The highest BCUT2D eigenvalue weighted by Gasteiger charge is 2.40. The summed E-state index contributed by atoms with van der Waals surface area (Å²) >= 11 is 0. The summed E-state index contributed by atoms with van der Waals surface area (Å²) in [5, 5.41) is 8.53. The second-order valence-electron chi connectivity index (χ2n) is 7.78. The van der Waals surface area contributed by atoms with Gasteiger partial charge in [0, 0.05) is 5.69 Å². The Balaban J connectivity index is 2.01. The van der Waals surface area contributed by atoms with Crippen molar-refractivity contribution in [2.45, 2.75) is 32.5 Å². The van der Waals surface area contributed by atoms with Crippen molar-refractivity contribution in [3.8, 4) is 5.69 Å². The summed E-state index contributed by atoms with van der Waals surface area (Å²) in [6.07, 6.45) is -5.08. The number of nitrogens with zero attached hydrogens (tertiary/aromatic N) is 2. The van der Waals surface area contributed by atoms with E-state index >= 15 is 0 Å². The molecular weight excluding hydrogens is 425 g/mol. The molecule has 1 aromatic heterocycles.